The molecule has 0 saturated heterocycles. The molecular weight excluding hydrogens is 375 g/mol. The van der Waals surface area contributed by atoms with E-state index in [1.807, 2.05) is 0 Å². The molecule has 2 aromatic heterocycles. The van der Waals surface area contributed by atoms with E-state index in [1.54, 1.807) is 31.2 Å². The second kappa shape index (κ2) is 7.79. The molecule has 0 saturated carbocycles. The number of hydrogen-bond donors (Lipinski definition) is 1. The fraction of sp³-hybridized carbons (Fsp3) is 0.0500. The van der Waals surface area contributed by atoms with Crippen molar-refractivity contribution in [3.8, 4) is 28.3 Å². The molecular formula is C20H13F2N3NaO2. The molecule has 4 rings (SSSR count). The summed E-state index contributed by atoms with van der Waals surface area (Å²) < 4.78 is 28.8. The zero-order chi connectivity index (χ0) is 19.1. The fourth-order valence-corrected chi connectivity index (χ4v) is 3.00. The maximum Gasteiger partial charge on any atom is 0.216 e. The fourth-order valence-electron chi connectivity index (χ4n) is 3.00. The van der Waals surface area contributed by atoms with Gasteiger partial charge in [-0.05, 0) is 19.1 Å². The van der Waals surface area contributed by atoms with Crippen LogP contribution in [-0.4, -0.2) is 55.5 Å². The summed E-state index contributed by atoms with van der Waals surface area (Å²) in [5.74, 6) is -1.60. The van der Waals surface area contributed by atoms with Gasteiger partial charge in [0.15, 0.2) is 5.65 Å². The summed E-state index contributed by atoms with van der Waals surface area (Å²) in [4.78, 5) is 15.3. The third-order valence-electron chi connectivity index (χ3n) is 4.29. The summed E-state index contributed by atoms with van der Waals surface area (Å²) in [5.41, 5.74) is 2.81. The van der Waals surface area contributed by atoms with Gasteiger partial charge in [0.1, 0.15) is 17.9 Å². The first-order valence-corrected chi connectivity index (χ1v) is 8.08. The van der Waals surface area contributed by atoms with Crippen LogP contribution in [0.5, 0.6) is 5.88 Å². The minimum absolute atomic E-state index is 0. The average molecular weight is 388 g/mol. The molecule has 0 spiro atoms. The van der Waals surface area contributed by atoms with Gasteiger partial charge >= 0.3 is 0 Å². The Bertz CT molecular complexity index is 1190. The number of fused-ring (bicyclic) bond motifs is 1. The van der Waals surface area contributed by atoms with Crippen LogP contribution in [0, 0.1) is 18.6 Å². The predicted molar refractivity (Wildman–Crippen MR) is 101 cm³/mol. The molecule has 2 heterocycles. The number of aromatic nitrogens is 3. The first kappa shape index (κ1) is 20.1. The molecule has 1 N–H and O–H groups in total. The van der Waals surface area contributed by atoms with Crippen molar-refractivity contribution in [3.63, 3.8) is 0 Å². The molecule has 0 aliphatic rings. The summed E-state index contributed by atoms with van der Waals surface area (Å²) >= 11 is 0. The van der Waals surface area contributed by atoms with E-state index in [0.717, 1.165) is 18.4 Å². The van der Waals surface area contributed by atoms with Crippen molar-refractivity contribution in [3.05, 3.63) is 71.4 Å². The Hall–Kier alpha value is -2.61. The second-order valence-electron chi connectivity index (χ2n) is 6.06. The van der Waals surface area contributed by atoms with Crippen LogP contribution >= 0.6 is 0 Å². The van der Waals surface area contributed by atoms with Crippen LogP contribution in [-0.2, 0) is 0 Å². The molecule has 135 valence electrons. The molecule has 5 nitrogen and oxygen atoms in total. The third kappa shape index (κ3) is 3.44. The molecule has 8 heteroatoms. The van der Waals surface area contributed by atoms with Gasteiger partial charge in [0.05, 0.1) is 17.0 Å². The topological polar surface area (TPSA) is 67.5 Å². The smallest absolute Gasteiger partial charge is 0.216 e. The maximum absolute atomic E-state index is 14.3. The van der Waals surface area contributed by atoms with E-state index in [4.69, 9.17) is 0 Å². The molecule has 2 aromatic carbocycles. The Morgan fingerprint density at radius 3 is 2.43 bits per heavy atom. The van der Waals surface area contributed by atoms with Crippen molar-refractivity contribution in [1.82, 2.24) is 14.6 Å². The van der Waals surface area contributed by atoms with Crippen molar-refractivity contribution in [2.45, 2.75) is 6.92 Å². The summed E-state index contributed by atoms with van der Waals surface area (Å²) in [5, 5.41) is 14.6. The van der Waals surface area contributed by atoms with Crippen LogP contribution in [0.15, 0.2) is 48.5 Å². The van der Waals surface area contributed by atoms with Crippen molar-refractivity contribution in [2.24, 2.45) is 0 Å². The van der Waals surface area contributed by atoms with Crippen LogP contribution < -0.4 is 0 Å². The Morgan fingerprint density at radius 1 is 1.07 bits per heavy atom. The molecule has 0 fully saturated rings. The third-order valence-corrected chi connectivity index (χ3v) is 4.29. The van der Waals surface area contributed by atoms with E-state index in [1.165, 1.54) is 16.6 Å². The largest absolute Gasteiger partial charge is 0.493 e. The number of aryl methyl sites for hydroxylation is 1. The van der Waals surface area contributed by atoms with Gasteiger partial charge in [-0.15, -0.1) is 0 Å². The SMILES string of the molecule is Cc1nn2c(O)cc(-c3ccc(C=O)cc3)nc2c1-c1ccc(F)cc1F.[Na]. The van der Waals surface area contributed by atoms with Gasteiger partial charge in [0.2, 0.25) is 5.88 Å². The zero-order valence-corrected chi connectivity index (χ0v) is 17.1. The van der Waals surface area contributed by atoms with E-state index in [9.17, 15) is 18.7 Å². The number of carbonyl (C=O) groups excluding carboxylic acids is 1. The van der Waals surface area contributed by atoms with Gasteiger partial charge < -0.3 is 5.11 Å². The maximum atomic E-state index is 14.3. The van der Waals surface area contributed by atoms with Crippen LogP contribution in [0.3, 0.4) is 0 Å². The standard InChI is InChI=1S/C20H13F2N3O2.Na/c1-11-19(15-7-6-14(21)8-16(15)22)20-23-17(9-18(27)25(20)24-11)13-4-2-12(10-26)3-5-13;/h2-10,27H,1H3;. The minimum atomic E-state index is -0.741. The van der Waals surface area contributed by atoms with Gasteiger partial charge in [-0.2, -0.15) is 9.61 Å². The van der Waals surface area contributed by atoms with Gasteiger partial charge in [0, 0.05) is 58.4 Å². The van der Waals surface area contributed by atoms with Gasteiger partial charge in [-0.1, -0.05) is 24.3 Å². The Kier molecular flexibility index (Phi) is 5.60. The summed E-state index contributed by atoms with van der Waals surface area (Å²) in [6.07, 6.45) is 0.730. The molecule has 0 aliphatic carbocycles. The van der Waals surface area contributed by atoms with Crippen molar-refractivity contribution < 1.29 is 18.7 Å². The summed E-state index contributed by atoms with van der Waals surface area (Å²) in [6, 6.07) is 11.4. The number of rotatable bonds is 3. The summed E-state index contributed by atoms with van der Waals surface area (Å²) in [7, 11) is 0. The number of aldehydes is 1. The predicted octanol–water partition coefficient (Wildman–Crippen LogP) is 3.79. The molecule has 0 amide bonds. The normalized spacial score (nSPS) is 10.7. The van der Waals surface area contributed by atoms with Gasteiger partial charge in [0.25, 0.3) is 0 Å². The van der Waals surface area contributed by atoms with Crippen LogP contribution in [0.4, 0.5) is 8.78 Å². The van der Waals surface area contributed by atoms with E-state index in [0.29, 0.717) is 28.1 Å². The number of halogens is 2. The van der Waals surface area contributed by atoms with Gasteiger partial charge in [-0.25, -0.2) is 13.8 Å². The average Bonchev–Trinajstić information content (AvgIpc) is 2.98. The quantitative estimate of drug-likeness (QED) is 0.428. The molecule has 0 atom stereocenters. The Balaban J connectivity index is 0.00000225. The molecule has 1 radical (unpaired) electrons. The number of aromatic hydroxyl groups is 1. The van der Waals surface area contributed by atoms with Crippen LogP contribution in [0.2, 0.25) is 0 Å². The first-order valence-electron chi connectivity index (χ1n) is 8.08. The Morgan fingerprint density at radius 2 is 1.79 bits per heavy atom. The number of hydrogen-bond acceptors (Lipinski definition) is 4. The monoisotopic (exact) mass is 388 g/mol. The van der Waals surface area contributed by atoms with Gasteiger partial charge in [-0.3, -0.25) is 4.79 Å². The first-order chi connectivity index (χ1) is 13.0. The van der Waals surface area contributed by atoms with Crippen molar-refractivity contribution >= 4 is 41.5 Å². The molecule has 0 unspecified atom stereocenters. The van der Waals surface area contributed by atoms with E-state index < -0.39 is 11.6 Å². The van der Waals surface area contributed by atoms with E-state index >= 15 is 0 Å². The molecule has 0 aliphatic heterocycles. The van der Waals surface area contributed by atoms with Crippen molar-refractivity contribution in [1.29, 1.82) is 0 Å². The Labute approximate surface area is 181 Å². The van der Waals surface area contributed by atoms with E-state index in [-0.39, 0.29) is 46.6 Å². The summed E-state index contributed by atoms with van der Waals surface area (Å²) in [6.45, 7) is 1.66. The second-order valence-corrected chi connectivity index (χ2v) is 6.06. The van der Waals surface area contributed by atoms with Crippen LogP contribution in [0.25, 0.3) is 28.0 Å². The zero-order valence-electron chi connectivity index (χ0n) is 15.1. The van der Waals surface area contributed by atoms with Crippen LogP contribution in [0.1, 0.15) is 16.1 Å². The number of carbonyl (C=O) groups is 1. The number of nitrogens with zero attached hydrogens (tertiary/aromatic N) is 3. The van der Waals surface area contributed by atoms with E-state index in [2.05, 4.69) is 10.1 Å². The minimum Gasteiger partial charge on any atom is -0.493 e. The molecule has 0 bridgehead atoms. The molecule has 4 aromatic rings. The number of benzene rings is 2. The molecule has 28 heavy (non-hydrogen) atoms. The van der Waals surface area contributed by atoms with Crippen molar-refractivity contribution in [2.75, 3.05) is 0 Å².